The van der Waals surface area contributed by atoms with E-state index in [-0.39, 0.29) is 0 Å². The molecule has 1 aliphatic rings. The van der Waals surface area contributed by atoms with Crippen molar-refractivity contribution >= 4 is 0 Å². The number of hydrogen-bond acceptors (Lipinski definition) is 1. The largest absolute Gasteiger partial charge is 0.321 e. The Morgan fingerprint density at radius 3 is 2.36 bits per heavy atom. The lowest BCUT2D eigenvalue weighted by molar-refractivity contribution is 0.0550. The first kappa shape index (κ1) is 8.91. The molecule has 2 N–H and O–H groups in total. The molecule has 66 valence electrons. The summed E-state index contributed by atoms with van der Waals surface area (Å²) in [5.74, 6) is 1.05. The highest BCUT2D eigenvalue weighted by molar-refractivity contribution is 4.92. The standard InChI is InChI=1S/C8H15F2N/c1-5-3-6(5)4-8(2,11)7(9)10/h5-7H,3-4,11H2,1-2H3. The molecule has 1 rings (SSSR count). The molecular formula is C8H15F2N. The summed E-state index contributed by atoms with van der Waals surface area (Å²) < 4.78 is 24.4. The van der Waals surface area contributed by atoms with E-state index in [0.717, 1.165) is 6.42 Å². The molecule has 1 aliphatic carbocycles. The van der Waals surface area contributed by atoms with Gasteiger partial charge in [-0.3, -0.25) is 0 Å². The van der Waals surface area contributed by atoms with Crippen molar-refractivity contribution in [2.45, 2.75) is 38.7 Å². The summed E-state index contributed by atoms with van der Waals surface area (Å²) in [4.78, 5) is 0. The SMILES string of the molecule is CC1CC1CC(C)(N)C(F)F. The first-order valence-electron chi connectivity index (χ1n) is 4.00. The van der Waals surface area contributed by atoms with Crippen LogP contribution in [0, 0.1) is 11.8 Å². The average Bonchev–Trinajstić information content (AvgIpc) is 2.45. The molecule has 0 aromatic carbocycles. The van der Waals surface area contributed by atoms with Gasteiger partial charge in [0.15, 0.2) is 0 Å². The van der Waals surface area contributed by atoms with Gasteiger partial charge >= 0.3 is 0 Å². The molecule has 3 unspecified atom stereocenters. The van der Waals surface area contributed by atoms with Gasteiger partial charge in [0.2, 0.25) is 0 Å². The van der Waals surface area contributed by atoms with Gasteiger partial charge in [0.1, 0.15) is 0 Å². The smallest absolute Gasteiger partial charge is 0.256 e. The molecule has 11 heavy (non-hydrogen) atoms. The van der Waals surface area contributed by atoms with E-state index in [2.05, 4.69) is 6.92 Å². The fraction of sp³-hybridized carbons (Fsp3) is 1.00. The Hall–Kier alpha value is -0.180. The van der Waals surface area contributed by atoms with Crippen LogP contribution in [0.5, 0.6) is 0 Å². The van der Waals surface area contributed by atoms with E-state index in [0.29, 0.717) is 18.3 Å². The summed E-state index contributed by atoms with van der Waals surface area (Å²) >= 11 is 0. The van der Waals surface area contributed by atoms with Gasteiger partial charge < -0.3 is 5.73 Å². The minimum atomic E-state index is -2.39. The number of rotatable bonds is 3. The van der Waals surface area contributed by atoms with Gasteiger partial charge in [0.05, 0.1) is 5.54 Å². The van der Waals surface area contributed by atoms with Crippen LogP contribution < -0.4 is 5.73 Å². The molecule has 0 aromatic rings. The van der Waals surface area contributed by atoms with E-state index < -0.39 is 12.0 Å². The molecular weight excluding hydrogens is 148 g/mol. The van der Waals surface area contributed by atoms with Crippen LogP contribution in [0.2, 0.25) is 0 Å². The number of alkyl halides is 2. The molecule has 0 aliphatic heterocycles. The molecule has 0 saturated heterocycles. The van der Waals surface area contributed by atoms with Crippen molar-refractivity contribution in [3.05, 3.63) is 0 Å². The third-order valence-corrected chi connectivity index (χ3v) is 2.48. The third kappa shape index (κ3) is 2.12. The van der Waals surface area contributed by atoms with E-state index in [4.69, 9.17) is 5.73 Å². The fourth-order valence-electron chi connectivity index (χ4n) is 1.34. The number of nitrogens with two attached hydrogens (primary N) is 1. The quantitative estimate of drug-likeness (QED) is 0.676. The first-order chi connectivity index (χ1) is 4.93. The van der Waals surface area contributed by atoms with Crippen LogP contribution in [0.1, 0.15) is 26.7 Å². The molecule has 1 fully saturated rings. The van der Waals surface area contributed by atoms with Gasteiger partial charge in [-0.15, -0.1) is 0 Å². The molecule has 3 heteroatoms. The fourth-order valence-corrected chi connectivity index (χ4v) is 1.34. The zero-order chi connectivity index (χ0) is 8.65. The minimum absolute atomic E-state index is 0.444. The van der Waals surface area contributed by atoms with Gasteiger partial charge in [-0.25, -0.2) is 8.78 Å². The summed E-state index contributed by atoms with van der Waals surface area (Å²) in [5.41, 5.74) is 4.14. The van der Waals surface area contributed by atoms with Crippen LogP contribution in [0.15, 0.2) is 0 Å². The Morgan fingerprint density at radius 2 is 2.09 bits per heavy atom. The van der Waals surface area contributed by atoms with E-state index in [9.17, 15) is 8.78 Å². The lowest BCUT2D eigenvalue weighted by Crippen LogP contribution is -2.44. The average molecular weight is 163 g/mol. The highest BCUT2D eigenvalue weighted by atomic mass is 19.3. The van der Waals surface area contributed by atoms with Crippen molar-refractivity contribution < 1.29 is 8.78 Å². The van der Waals surface area contributed by atoms with Crippen molar-refractivity contribution in [3.8, 4) is 0 Å². The van der Waals surface area contributed by atoms with Crippen molar-refractivity contribution in [1.29, 1.82) is 0 Å². The van der Waals surface area contributed by atoms with E-state index in [1.54, 1.807) is 0 Å². The van der Waals surface area contributed by atoms with Gasteiger partial charge in [-0.1, -0.05) is 6.92 Å². The summed E-state index contributed by atoms with van der Waals surface area (Å²) in [5, 5.41) is 0. The second-order valence-corrected chi connectivity index (χ2v) is 3.98. The lowest BCUT2D eigenvalue weighted by atomic mass is 9.96. The zero-order valence-electron chi connectivity index (χ0n) is 6.98. The Kier molecular flexibility index (Phi) is 2.19. The summed E-state index contributed by atoms with van der Waals surface area (Å²) in [6.07, 6.45) is -0.860. The molecule has 1 nitrogen and oxygen atoms in total. The topological polar surface area (TPSA) is 26.0 Å². The molecule has 0 aromatic heterocycles. The second kappa shape index (κ2) is 2.70. The zero-order valence-corrected chi connectivity index (χ0v) is 6.98. The van der Waals surface area contributed by atoms with Crippen LogP contribution in [0.4, 0.5) is 8.78 Å². The van der Waals surface area contributed by atoms with Crippen LogP contribution in [-0.2, 0) is 0 Å². The second-order valence-electron chi connectivity index (χ2n) is 3.98. The molecule has 0 amide bonds. The van der Waals surface area contributed by atoms with Crippen molar-refractivity contribution in [2.75, 3.05) is 0 Å². The summed E-state index contributed by atoms with van der Waals surface area (Å²) in [6, 6.07) is 0. The van der Waals surface area contributed by atoms with Crippen molar-refractivity contribution in [2.24, 2.45) is 17.6 Å². The van der Waals surface area contributed by atoms with E-state index >= 15 is 0 Å². The van der Waals surface area contributed by atoms with Crippen LogP contribution >= 0.6 is 0 Å². The van der Waals surface area contributed by atoms with Gasteiger partial charge in [0.25, 0.3) is 6.43 Å². The molecule has 1 saturated carbocycles. The molecule has 0 bridgehead atoms. The molecule has 0 radical (unpaired) electrons. The lowest BCUT2D eigenvalue weighted by Gasteiger charge is -2.23. The van der Waals surface area contributed by atoms with E-state index in [1.165, 1.54) is 6.92 Å². The Morgan fingerprint density at radius 1 is 1.64 bits per heavy atom. The maximum Gasteiger partial charge on any atom is 0.256 e. The maximum absolute atomic E-state index is 12.2. The van der Waals surface area contributed by atoms with Crippen molar-refractivity contribution in [1.82, 2.24) is 0 Å². The third-order valence-electron chi connectivity index (χ3n) is 2.48. The van der Waals surface area contributed by atoms with Gasteiger partial charge in [0, 0.05) is 0 Å². The van der Waals surface area contributed by atoms with Crippen molar-refractivity contribution in [3.63, 3.8) is 0 Å². The van der Waals surface area contributed by atoms with Gasteiger partial charge in [-0.2, -0.15) is 0 Å². The first-order valence-corrected chi connectivity index (χ1v) is 4.00. The Labute approximate surface area is 66.0 Å². The predicted octanol–water partition coefficient (Wildman–Crippen LogP) is 2.01. The monoisotopic (exact) mass is 163 g/mol. The minimum Gasteiger partial charge on any atom is -0.321 e. The highest BCUT2D eigenvalue weighted by Crippen LogP contribution is 2.43. The molecule has 0 spiro atoms. The van der Waals surface area contributed by atoms with Crippen LogP contribution in [-0.4, -0.2) is 12.0 Å². The molecule has 0 heterocycles. The predicted molar refractivity (Wildman–Crippen MR) is 40.5 cm³/mol. The summed E-state index contributed by atoms with van der Waals surface area (Å²) in [7, 11) is 0. The Bertz CT molecular complexity index is 145. The van der Waals surface area contributed by atoms with E-state index in [1.807, 2.05) is 0 Å². The summed E-state index contributed by atoms with van der Waals surface area (Å²) in [6.45, 7) is 3.51. The Balaban J connectivity index is 2.34. The van der Waals surface area contributed by atoms with Gasteiger partial charge in [-0.05, 0) is 31.6 Å². The van der Waals surface area contributed by atoms with Crippen LogP contribution in [0.3, 0.4) is 0 Å². The van der Waals surface area contributed by atoms with Crippen LogP contribution in [0.25, 0.3) is 0 Å². The number of hydrogen-bond donors (Lipinski definition) is 1. The number of halogens is 2. The highest BCUT2D eigenvalue weighted by Gasteiger charge is 2.41. The maximum atomic E-state index is 12.2. The normalized spacial score (nSPS) is 35.5. The molecule has 3 atom stereocenters.